The molecular weight excluding hydrogens is 1090 g/mol. The lowest BCUT2D eigenvalue weighted by Gasteiger charge is -2.32. The van der Waals surface area contributed by atoms with E-state index in [1.807, 2.05) is 0 Å². The molecule has 6 nitrogen and oxygen atoms in total. The standard InChI is InChI=1S/2C15H23N.2C14H21N.2C13H19N/c1-5-16-9-8-12-6-7-14(15(2,3)4)10-13(12)11-16;1-5-16-10-9-13-12(11-16)7-6-8-14(13)15(2,3)4;1-14(2,3)13-6-5-11-7-8-15(4)10-12(11)9-13;1-14(2,3)13-7-5-6-11-10-15(4)9-8-12(11)13;1-13(2,3)12-5-4-10-6-7-14-9-11(10)8-12;1-13(2,3)12-6-4-5-10-9-14-8-7-11(10)12/h6-7,10H,5,8-9,11H2,1-4H3;6-8H,5,9-11H2,1-4H3;5-6,9H,7-8,10H2,1-4H3;5-7H,8-10H2,1-4H3;4-5,8,14H,6-7,9H2,1-3H3;4-6,14H,7-9H2,1-3H3. The molecule has 0 unspecified atom stereocenters. The molecule has 0 aromatic heterocycles. The topological polar surface area (TPSA) is 37.0 Å². The minimum atomic E-state index is 0.267. The van der Waals surface area contributed by atoms with Crippen LogP contribution < -0.4 is 10.6 Å². The number of nitrogens with zero attached hydrogens (tertiary/aromatic N) is 4. The molecule has 0 fully saturated rings. The SMILES string of the molecule is CC(C)(C)c1ccc2c(c1)CNCC2.CC(C)(C)c1cccc2c1CCNC2.CCN1CCc2c(cccc2C(C)(C)C)C1.CCN1CCc2ccc(C(C)(C)C)cc2C1.CN1CCc2c(cccc2C(C)(C)C)C1.CN1CCc2ccc(C(C)(C)C)cc2C1. The zero-order chi connectivity index (χ0) is 66.0. The van der Waals surface area contributed by atoms with Crippen molar-refractivity contribution in [3.05, 3.63) is 209 Å². The Balaban J connectivity index is 0.000000154. The van der Waals surface area contributed by atoms with Gasteiger partial charge in [0.25, 0.3) is 0 Å². The Bertz CT molecular complexity index is 3250. The van der Waals surface area contributed by atoms with Crippen molar-refractivity contribution in [2.45, 2.75) is 249 Å². The average molecular weight is 1220 g/mol. The fraction of sp³-hybridized carbons (Fsp3) is 0.571. The van der Waals surface area contributed by atoms with Gasteiger partial charge in [-0.25, -0.2) is 0 Å². The number of fused-ring (bicyclic) bond motifs is 6. The van der Waals surface area contributed by atoms with Crippen LogP contribution in [0.5, 0.6) is 0 Å². The van der Waals surface area contributed by atoms with Crippen molar-refractivity contribution in [3.63, 3.8) is 0 Å². The van der Waals surface area contributed by atoms with Crippen LogP contribution in [0, 0.1) is 0 Å². The molecule has 6 heteroatoms. The van der Waals surface area contributed by atoms with Gasteiger partial charge in [0.2, 0.25) is 0 Å². The van der Waals surface area contributed by atoms with Crippen molar-refractivity contribution < 1.29 is 0 Å². The first-order valence-electron chi connectivity index (χ1n) is 35.1. The largest absolute Gasteiger partial charge is 0.312 e. The van der Waals surface area contributed by atoms with E-state index in [4.69, 9.17) is 0 Å². The van der Waals surface area contributed by atoms with Gasteiger partial charge in [-0.2, -0.15) is 0 Å². The molecule has 0 spiro atoms. The van der Waals surface area contributed by atoms with Gasteiger partial charge in [0.15, 0.2) is 0 Å². The van der Waals surface area contributed by atoms with Gasteiger partial charge in [-0.1, -0.05) is 248 Å². The summed E-state index contributed by atoms with van der Waals surface area (Å²) in [4.78, 5) is 9.84. The summed E-state index contributed by atoms with van der Waals surface area (Å²) < 4.78 is 0. The Morgan fingerprint density at radius 1 is 0.311 bits per heavy atom. The van der Waals surface area contributed by atoms with Crippen LogP contribution in [0.15, 0.2) is 109 Å². The van der Waals surface area contributed by atoms with E-state index in [2.05, 4.69) is 292 Å². The molecule has 6 aromatic rings. The molecule has 0 radical (unpaired) electrons. The Hall–Kier alpha value is -4.92. The second-order valence-corrected chi connectivity index (χ2v) is 33.3. The molecular formula is C84H126N6. The van der Waals surface area contributed by atoms with Gasteiger partial charge in [0.1, 0.15) is 0 Å². The van der Waals surface area contributed by atoms with Crippen molar-refractivity contribution in [2.24, 2.45) is 0 Å². The summed E-state index contributed by atoms with van der Waals surface area (Å²) in [6, 6.07) is 41.3. The maximum Gasteiger partial charge on any atom is 0.0236 e. The molecule has 0 amide bonds. The van der Waals surface area contributed by atoms with Gasteiger partial charge >= 0.3 is 0 Å². The van der Waals surface area contributed by atoms with E-state index in [0.717, 1.165) is 52.4 Å². The van der Waals surface area contributed by atoms with E-state index in [0.29, 0.717) is 0 Å². The molecule has 6 heterocycles. The van der Waals surface area contributed by atoms with E-state index < -0.39 is 0 Å². The molecule has 0 bridgehead atoms. The average Bonchev–Trinajstić information content (AvgIpc) is 1.04. The molecule has 0 atom stereocenters. The van der Waals surface area contributed by atoms with Crippen LogP contribution in [0.3, 0.4) is 0 Å². The molecule has 6 aliphatic rings. The maximum absolute atomic E-state index is 3.42. The summed E-state index contributed by atoms with van der Waals surface area (Å²) in [6.45, 7) is 61.7. The van der Waals surface area contributed by atoms with Crippen LogP contribution >= 0.6 is 0 Å². The smallest absolute Gasteiger partial charge is 0.0236 e. The molecule has 0 saturated heterocycles. The molecule has 2 N–H and O–H groups in total. The van der Waals surface area contributed by atoms with Crippen molar-refractivity contribution in [1.29, 1.82) is 0 Å². The second-order valence-electron chi connectivity index (χ2n) is 33.3. The van der Waals surface area contributed by atoms with E-state index in [1.54, 1.807) is 44.5 Å². The number of benzene rings is 6. The van der Waals surface area contributed by atoms with Gasteiger partial charge in [-0.15, -0.1) is 0 Å². The summed E-state index contributed by atoms with van der Waals surface area (Å²) in [6.07, 6.45) is 7.21. The second kappa shape index (κ2) is 30.9. The van der Waals surface area contributed by atoms with Crippen LogP contribution in [-0.2, 0) is 110 Å². The zero-order valence-corrected chi connectivity index (χ0v) is 61.3. The molecule has 6 aliphatic heterocycles. The minimum absolute atomic E-state index is 0.267. The van der Waals surface area contributed by atoms with Crippen LogP contribution in [0.2, 0.25) is 0 Å². The number of nitrogens with one attached hydrogen (secondary N) is 2. The Morgan fingerprint density at radius 3 is 1.10 bits per heavy atom. The summed E-state index contributed by atoms with van der Waals surface area (Å²) >= 11 is 0. The fourth-order valence-corrected chi connectivity index (χ4v) is 13.8. The highest BCUT2D eigenvalue weighted by molar-refractivity contribution is 5.44. The van der Waals surface area contributed by atoms with E-state index in [-0.39, 0.29) is 32.5 Å². The minimum Gasteiger partial charge on any atom is -0.312 e. The lowest BCUT2D eigenvalue weighted by Crippen LogP contribution is -2.32. The van der Waals surface area contributed by atoms with Gasteiger partial charge in [-0.3, -0.25) is 9.80 Å². The Morgan fingerprint density at radius 2 is 0.644 bits per heavy atom. The third-order valence-corrected chi connectivity index (χ3v) is 19.7. The summed E-state index contributed by atoms with van der Waals surface area (Å²) in [7, 11) is 4.40. The quantitative estimate of drug-likeness (QED) is 0.180. The highest BCUT2D eigenvalue weighted by Gasteiger charge is 2.27. The first-order chi connectivity index (χ1) is 42.1. The first kappa shape index (κ1) is 72.5. The number of likely N-dealkylation sites (N-methyl/N-ethyl adjacent to an activating group) is 4. The Kier molecular flexibility index (Phi) is 24.9. The molecule has 6 aromatic carbocycles. The van der Waals surface area contributed by atoms with E-state index in [9.17, 15) is 0 Å². The predicted octanol–water partition coefficient (Wildman–Crippen LogP) is 17.9. The molecule has 0 aliphatic carbocycles. The van der Waals surface area contributed by atoms with Gasteiger partial charge in [0, 0.05) is 65.4 Å². The molecule has 12 rings (SSSR count). The monoisotopic (exact) mass is 1220 g/mol. The summed E-state index contributed by atoms with van der Waals surface area (Å²) in [5.74, 6) is 0. The third-order valence-electron chi connectivity index (χ3n) is 19.7. The number of hydrogen-bond acceptors (Lipinski definition) is 6. The van der Waals surface area contributed by atoms with Gasteiger partial charge < -0.3 is 20.4 Å². The van der Waals surface area contributed by atoms with Gasteiger partial charge in [0.05, 0.1) is 0 Å². The van der Waals surface area contributed by atoms with Crippen molar-refractivity contribution in [3.8, 4) is 0 Å². The fourth-order valence-electron chi connectivity index (χ4n) is 13.8. The third kappa shape index (κ3) is 20.3. The summed E-state index contributed by atoms with van der Waals surface area (Å²) in [5.41, 5.74) is 29.1. The zero-order valence-electron chi connectivity index (χ0n) is 61.3. The van der Waals surface area contributed by atoms with Crippen LogP contribution in [-0.4, -0.2) is 86.1 Å². The number of hydrogen-bond donors (Lipinski definition) is 2. The predicted molar refractivity (Wildman–Crippen MR) is 391 cm³/mol. The lowest BCUT2D eigenvalue weighted by atomic mass is 9.80. The molecule has 0 saturated carbocycles. The molecule has 90 heavy (non-hydrogen) atoms. The van der Waals surface area contributed by atoms with E-state index in [1.165, 1.54) is 133 Å². The van der Waals surface area contributed by atoms with Gasteiger partial charge in [-0.05, 0) is 211 Å². The highest BCUT2D eigenvalue weighted by Crippen LogP contribution is 2.35. The number of rotatable bonds is 2. The summed E-state index contributed by atoms with van der Waals surface area (Å²) in [5, 5.41) is 6.84. The lowest BCUT2D eigenvalue weighted by molar-refractivity contribution is 0.266. The van der Waals surface area contributed by atoms with Crippen LogP contribution in [0.1, 0.15) is 239 Å². The van der Waals surface area contributed by atoms with Crippen molar-refractivity contribution in [2.75, 3.05) is 66.5 Å². The van der Waals surface area contributed by atoms with Crippen LogP contribution in [0.25, 0.3) is 0 Å². The van der Waals surface area contributed by atoms with Crippen molar-refractivity contribution >= 4 is 0 Å². The van der Waals surface area contributed by atoms with Crippen LogP contribution in [0.4, 0.5) is 0 Å². The molecule has 492 valence electrons. The Labute approximate surface area is 551 Å². The normalized spacial score (nSPS) is 17.1. The van der Waals surface area contributed by atoms with E-state index >= 15 is 0 Å². The maximum atomic E-state index is 3.42. The highest BCUT2D eigenvalue weighted by atomic mass is 15.1. The first-order valence-corrected chi connectivity index (χ1v) is 35.1. The van der Waals surface area contributed by atoms with Crippen molar-refractivity contribution in [1.82, 2.24) is 30.2 Å².